The summed E-state index contributed by atoms with van der Waals surface area (Å²) in [6.07, 6.45) is 4.96. The summed E-state index contributed by atoms with van der Waals surface area (Å²) in [5.74, 6) is 1.13. The highest BCUT2D eigenvalue weighted by atomic mass is 16.5. The first kappa shape index (κ1) is 12.0. The first-order valence-corrected chi connectivity index (χ1v) is 6.37. The Morgan fingerprint density at radius 1 is 1.63 bits per heavy atom. The smallest absolute Gasteiger partial charge is 0.357 e. The lowest BCUT2D eigenvalue weighted by Crippen LogP contribution is -2.86. The van der Waals surface area contributed by atoms with Crippen LogP contribution in [0.3, 0.4) is 0 Å². The molecule has 2 unspecified atom stereocenters. The molecule has 102 valence electrons. The number of rotatable bonds is 1. The molecule has 6 N–H and O–H groups in total. The highest BCUT2D eigenvalue weighted by molar-refractivity contribution is 5.96. The van der Waals surface area contributed by atoms with Crippen LogP contribution in [-0.4, -0.2) is 30.4 Å². The average molecular weight is 263 g/mol. The molecule has 3 rings (SSSR count). The number of fused-ring (bicyclic) bond motifs is 1. The molecule has 0 radical (unpaired) electrons. The van der Waals surface area contributed by atoms with Gasteiger partial charge in [0, 0.05) is 6.42 Å². The summed E-state index contributed by atoms with van der Waals surface area (Å²) in [6.45, 7) is 4.55. The third-order valence-electron chi connectivity index (χ3n) is 3.43. The van der Waals surface area contributed by atoms with Crippen molar-refractivity contribution in [3.05, 3.63) is 23.5 Å². The van der Waals surface area contributed by atoms with E-state index in [2.05, 4.69) is 38.9 Å². The minimum Gasteiger partial charge on any atom is -0.361 e. The number of nitrogens with one attached hydrogen (secondary N) is 4. The molecule has 0 aromatic rings. The zero-order chi connectivity index (χ0) is 13.5. The van der Waals surface area contributed by atoms with Gasteiger partial charge in [0.05, 0.1) is 5.70 Å². The molecule has 2 atom stereocenters. The van der Waals surface area contributed by atoms with Gasteiger partial charge in [-0.25, -0.2) is 10.6 Å². The van der Waals surface area contributed by atoms with Gasteiger partial charge < -0.3 is 15.8 Å². The second-order valence-corrected chi connectivity index (χ2v) is 5.05. The predicted octanol–water partition coefficient (Wildman–Crippen LogP) is -2.22. The quantitative estimate of drug-likeness (QED) is 0.369. The molecule has 2 aliphatic heterocycles. The van der Waals surface area contributed by atoms with E-state index < -0.39 is 0 Å². The standard InChI is InChI=1S/C12H18N6O/c1-7-15-10(13)18-11(16-7)17-8-4-3-5-12(2)9(8)14-6-19-12/h3-4,7,14H,5-6H2,1-2H3,(H4,13,15,16,17,18)/p+1. The summed E-state index contributed by atoms with van der Waals surface area (Å²) in [7, 11) is 0. The number of ether oxygens (including phenoxy) is 1. The van der Waals surface area contributed by atoms with Gasteiger partial charge >= 0.3 is 5.96 Å². The lowest BCUT2D eigenvalue weighted by atomic mass is 9.92. The molecule has 7 nitrogen and oxygen atoms in total. The minimum absolute atomic E-state index is 0.0545. The number of nitrogens with two attached hydrogens (primary N) is 1. The van der Waals surface area contributed by atoms with Crippen LogP contribution in [0, 0.1) is 0 Å². The molecule has 0 amide bonds. The largest absolute Gasteiger partial charge is 0.361 e. The molecular formula is C12H19N6O+. The van der Waals surface area contributed by atoms with E-state index in [9.17, 15) is 0 Å². The van der Waals surface area contributed by atoms with Crippen molar-refractivity contribution in [1.82, 2.24) is 16.0 Å². The Kier molecular flexibility index (Phi) is 2.70. The van der Waals surface area contributed by atoms with Gasteiger partial charge in [-0.3, -0.25) is 4.99 Å². The van der Waals surface area contributed by atoms with Crippen LogP contribution in [0.2, 0.25) is 0 Å². The molecule has 19 heavy (non-hydrogen) atoms. The Labute approximate surface area is 111 Å². The van der Waals surface area contributed by atoms with Crippen LogP contribution >= 0.6 is 0 Å². The molecule has 1 saturated heterocycles. The zero-order valence-electron chi connectivity index (χ0n) is 11.1. The van der Waals surface area contributed by atoms with Gasteiger partial charge in [0.25, 0.3) is 5.96 Å². The Bertz CT molecular complexity index is 520. The van der Waals surface area contributed by atoms with Crippen LogP contribution in [0.5, 0.6) is 0 Å². The minimum atomic E-state index is -0.266. The first-order chi connectivity index (χ1) is 9.07. The van der Waals surface area contributed by atoms with Gasteiger partial charge in [0.2, 0.25) is 0 Å². The topological polar surface area (TPSA) is 97.7 Å². The number of guanidine groups is 2. The Morgan fingerprint density at radius 2 is 2.47 bits per heavy atom. The van der Waals surface area contributed by atoms with E-state index in [1.54, 1.807) is 0 Å². The van der Waals surface area contributed by atoms with Gasteiger partial charge in [0.15, 0.2) is 6.17 Å². The Morgan fingerprint density at radius 3 is 3.26 bits per heavy atom. The van der Waals surface area contributed by atoms with Crippen LogP contribution < -0.4 is 26.7 Å². The van der Waals surface area contributed by atoms with Gasteiger partial charge in [-0.1, -0.05) is 6.08 Å². The fourth-order valence-electron chi connectivity index (χ4n) is 2.51. The third kappa shape index (κ3) is 2.17. The van der Waals surface area contributed by atoms with E-state index in [0.29, 0.717) is 12.7 Å². The molecule has 3 aliphatic rings. The average Bonchev–Trinajstić information content (AvgIpc) is 2.70. The number of hydrogen-bond acceptors (Lipinski definition) is 6. The molecule has 0 aromatic carbocycles. The number of hydrogen-bond donors (Lipinski definition) is 5. The Hall–Kier alpha value is -2.02. The molecule has 7 heteroatoms. The summed E-state index contributed by atoms with van der Waals surface area (Å²) in [5, 5.41) is 9.55. The summed E-state index contributed by atoms with van der Waals surface area (Å²) in [5.41, 5.74) is 7.50. The maximum atomic E-state index is 5.75. The molecule has 2 heterocycles. The summed E-state index contributed by atoms with van der Waals surface area (Å²) < 4.78 is 5.75. The van der Waals surface area contributed by atoms with Crippen molar-refractivity contribution >= 4 is 11.9 Å². The zero-order valence-corrected chi connectivity index (χ0v) is 11.1. The van der Waals surface area contributed by atoms with E-state index in [1.807, 2.05) is 13.0 Å². The lowest BCUT2D eigenvalue weighted by molar-refractivity contribution is -0.501. The van der Waals surface area contributed by atoms with Crippen LogP contribution in [0.4, 0.5) is 0 Å². The summed E-state index contributed by atoms with van der Waals surface area (Å²) >= 11 is 0. The monoisotopic (exact) mass is 263 g/mol. The van der Waals surface area contributed by atoms with Gasteiger partial charge in [-0.15, -0.1) is 0 Å². The second-order valence-electron chi connectivity index (χ2n) is 5.05. The van der Waals surface area contributed by atoms with Gasteiger partial charge in [-0.2, -0.15) is 4.99 Å². The first-order valence-electron chi connectivity index (χ1n) is 6.37. The third-order valence-corrected chi connectivity index (χ3v) is 3.43. The summed E-state index contributed by atoms with van der Waals surface area (Å²) in [6, 6.07) is 0. The summed E-state index contributed by atoms with van der Waals surface area (Å²) in [4.78, 5) is 7.32. The Balaban J connectivity index is 1.84. The fourth-order valence-corrected chi connectivity index (χ4v) is 2.51. The van der Waals surface area contributed by atoms with Crippen molar-refractivity contribution in [2.24, 2.45) is 10.7 Å². The van der Waals surface area contributed by atoms with Crippen LogP contribution in [0.15, 0.2) is 28.5 Å². The molecule has 0 bridgehead atoms. The highest BCUT2D eigenvalue weighted by Gasteiger charge is 2.39. The van der Waals surface area contributed by atoms with Crippen LogP contribution in [-0.2, 0) is 4.74 Å². The predicted molar refractivity (Wildman–Crippen MR) is 71.6 cm³/mol. The maximum Gasteiger partial charge on any atom is 0.357 e. The molecular weight excluding hydrogens is 244 g/mol. The van der Waals surface area contributed by atoms with E-state index in [4.69, 9.17) is 10.5 Å². The highest BCUT2D eigenvalue weighted by Crippen LogP contribution is 2.33. The van der Waals surface area contributed by atoms with E-state index in [-0.39, 0.29) is 11.8 Å². The normalized spacial score (nSPS) is 33.1. The fraction of sp³-hybridized carbons (Fsp3) is 0.500. The molecule has 0 spiro atoms. The SMILES string of the molecule is CC1N=C(N)NC(NC2=C3NCOC3(C)CC=C2)=[NH+]1. The van der Waals surface area contributed by atoms with E-state index >= 15 is 0 Å². The molecule has 1 aliphatic carbocycles. The van der Waals surface area contributed by atoms with Crippen molar-refractivity contribution in [3.63, 3.8) is 0 Å². The molecule has 0 aromatic heterocycles. The number of allylic oxidation sites excluding steroid dienone is 1. The van der Waals surface area contributed by atoms with E-state index in [0.717, 1.165) is 23.8 Å². The lowest BCUT2D eigenvalue weighted by Gasteiger charge is -2.26. The second kappa shape index (κ2) is 4.27. The molecule has 1 fully saturated rings. The van der Waals surface area contributed by atoms with Crippen molar-refractivity contribution < 1.29 is 9.73 Å². The number of nitrogens with zero attached hydrogens (tertiary/aromatic N) is 1. The maximum absolute atomic E-state index is 5.75. The van der Waals surface area contributed by atoms with Crippen molar-refractivity contribution in [3.8, 4) is 0 Å². The van der Waals surface area contributed by atoms with Crippen molar-refractivity contribution in [1.29, 1.82) is 0 Å². The molecule has 0 saturated carbocycles. The van der Waals surface area contributed by atoms with E-state index in [1.165, 1.54) is 0 Å². The van der Waals surface area contributed by atoms with Crippen molar-refractivity contribution in [2.45, 2.75) is 32.0 Å². The van der Waals surface area contributed by atoms with Gasteiger partial charge in [0.1, 0.15) is 18.0 Å². The van der Waals surface area contributed by atoms with Gasteiger partial charge in [-0.05, 0) is 19.9 Å². The van der Waals surface area contributed by atoms with Crippen molar-refractivity contribution in [2.75, 3.05) is 6.73 Å². The number of aliphatic imine (C=N–C) groups is 1. The van der Waals surface area contributed by atoms with Crippen LogP contribution in [0.25, 0.3) is 0 Å². The van der Waals surface area contributed by atoms with Crippen LogP contribution in [0.1, 0.15) is 20.3 Å².